The average molecular weight is 383 g/mol. The molecule has 0 aliphatic heterocycles. The fourth-order valence-electron chi connectivity index (χ4n) is 1.61. The zero-order chi connectivity index (χ0) is 12.8. The SMILES string of the molecule is CCN(CC)CC(=O)Nc1ccc(I)cc1C.Cl. The van der Waals surface area contributed by atoms with E-state index >= 15 is 0 Å². The van der Waals surface area contributed by atoms with E-state index in [4.69, 9.17) is 0 Å². The van der Waals surface area contributed by atoms with Gasteiger partial charge in [0.05, 0.1) is 6.54 Å². The zero-order valence-corrected chi connectivity index (χ0v) is 14.0. The second kappa shape index (κ2) is 8.72. The number of rotatable bonds is 5. The molecule has 102 valence electrons. The quantitative estimate of drug-likeness (QED) is 0.793. The van der Waals surface area contributed by atoms with Crippen LogP contribution in [0.25, 0.3) is 0 Å². The minimum atomic E-state index is 0. The van der Waals surface area contributed by atoms with E-state index in [2.05, 4.69) is 52.7 Å². The summed E-state index contributed by atoms with van der Waals surface area (Å²) >= 11 is 2.27. The maximum absolute atomic E-state index is 11.8. The van der Waals surface area contributed by atoms with Crippen LogP contribution < -0.4 is 5.32 Å². The average Bonchev–Trinajstić information content (AvgIpc) is 2.29. The van der Waals surface area contributed by atoms with Crippen LogP contribution in [0, 0.1) is 10.5 Å². The lowest BCUT2D eigenvalue weighted by Crippen LogP contribution is -2.33. The number of carbonyl (C=O) groups excluding carboxylic acids is 1. The van der Waals surface area contributed by atoms with E-state index in [0.717, 1.165) is 24.3 Å². The van der Waals surface area contributed by atoms with Crippen LogP contribution in [-0.4, -0.2) is 30.4 Å². The predicted molar refractivity (Wildman–Crippen MR) is 87.6 cm³/mol. The Balaban J connectivity index is 0.00000289. The number of nitrogens with zero attached hydrogens (tertiary/aromatic N) is 1. The third-order valence-electron chi connectivity index (χ3n) is 2.72. The van der Waals surface area contributed by atoms with Crippen LogP contribution in [0.3, 0.4) is 0 Å². The van der Waals surface area contributed by atoms with Crippen molar-refractivity contribution in [2.75, 3.05) is 25.0 Å². The van der Waals surface area contributed by atoms with Gasteiger partial charge in [0.2, 0.25) is 5.91 Å². The molecule has 0 atom stereocenters. The van der Waals surface area contributed by atoms with E-state index in [1.54, 1.807) is 0 Å². The molecule has 0 spiro atoms. The Labute approximate surface area is 129 Å². The highest BCUT2D eigenvalue weighted by molar-refractivity contribution is 14.1. The molecular weight excluding hydrogens is 363 g/mol. The molecule has 0 fully saturated rings. The van der Waals surface area contributed by atoms with Gasteiger partial charge in [0.25, 0.3) is 0 Å². The highest BCUT2D eigenvalue weighted by Gasteiger charge is 2.08. The van der Waals surface area contributed by atoms with E-state index < -0.39 is 0 Å². The second-order valence-corrected chi connectivity index (χ2v) is 5.21. The van der Waals surface area contributed by atoms with Crippen LogP contribution in [0.1, 0.15) is 19.4 Å². The molecule has 5 heteroatoms. The van der Waals surface area contributed by atoms with Crippen molar-refractivity contribution in [3.63, 3.8) is 0 Å². The summed E-state index contributed by atoms with van der Waals surface area (Å²) in [4.78, 5) is 13.9. The summed E-state index contributed by atoms with van der Waals surface area (Å²) < 4.78 is 1.18. The predicted octanol–water partition coefficient (Wildman–Crippen LogP) is 3.30. The van der Waals surface area contributed by atoms with Gasteiger partial charge >= 0.3 is 0 Å². The first-order valence-corrected chi connectivity index (χ1v) is 6.93. The van der Waals surface area contributed by atoms with E-state index in [9.17, 15) is 4.79 Å². The molecule has 0 aliphatic rings. The highest BCUT2D eigenvalue weighted by Crippen LogP contribution is 2.17. The van der Waals surface area contributed by atoms with E-state index in [-0.39, 0.29) is 18.3 Å². The van der Waals surface area contributed by atoms with Crippen molar-refractivity contribution in [2.45, 2.75) is 20.8 Å². The fourth-order valence-corrected chi connectivity index (χ4v) is 2.25. The molecule has 0 heterocycles. The summed E-state index contributed by atoms with van der Waals surface area (Å²) in [5, 5.41) is 2.95. The van der Waals surface area contributed by atoms with Gasteiger partial charge in [-0.25, -0.2) is 0 Å². The number of hydrogen-bond acceptors (Lipinski definition) is 2. The Bertz CT molecular complexity index is 395. The van der Waals surface area contributed by atoms with Gasteiger partial charge in [-0.3, -0.25) is 9.69 Å². The van der Waals surface area contributed by atoms with Crippen molar-refractivity contribution >= 4 is 46.6 Å². The van der Waals surface area contributed by atoms with Crippen molar-refractivity contribution < 1.29 is 4.79 Å². The first kappa shape index (κ1) is 17.7. The topological polar surface area (TPSA) is 32.3 Å². The standard InChI is InChI=1S/C13H19IN2O.ClH/c1-4-16(5-2)9-13(17)15-12-7-6-11(14)8-10(12)3;/h6-8H,4-5,9H2,1-3H3,(H,15,17);1H. The number of likely N-dealkylation sites (N-methyl/N-ethyl adjacent to an activating group) is 1. The van der Waals surface area contributed by atoms with Gasteiger partial charge in [0, 0.05) is 9.26 Å². The number of nitrogens with one attached hydrogen (secondary N) is 1. The number of halogens is 2. The molecule has 1 aromatic carbocycles. The van der Waals surface area contributed by atoms with Gasteiger partial charge in [-0.15, -0.1) is 12.4 Å². The molecule has 0 radical (unpaired) electrons. The smallest absolute Gasteiger partial charge is 0.238 e. The monoisotopic (exact) mass is 382 g/mol. The van der Waals surface area contributed by atoms with Gasteiger partial charge in [0.15, 0.2) is 0 Å². The lowest BCUT2D eigenvalue weighted by atomic mass is 10.2. The molecule has 0 aromatic heterocycles. The van der Waals surface area contributed by atoms with Crippen molar-refractivity contribution in [3.8, 4) is 0 Å². The molecule has 1 amide bonds. The largest absolute Gasteiger partial charge is 0.325 e. The van der Waals surface area contributed by atoms with Crippen LogP contribution in [0.4, 0.5) is 5.69 Å². The maximum Gasteiger partial charge on any atom is 0.238 e. The number of carbonyl (C=O) groups is 1. The van der Waals surface area contributed by atoms with Crippen molar-refractivity contribution in [1.82, 2.24) is 4.90 Å². The van der Waals surface area contributed by atoms with Gasteiger partial charge in [0.1, 0.15) is 0 Å². The second-order valence-electron chi connectivity index (χ2n) is 3.97. The molecule has 0 bridgehead atoms. The Morgan fingerprint density at radius 1 is 1.33 bits per heavy atom. The lowest BCUT2D eigenvalue weighted by Gasteiger charge is -2.17. The Morgan fingerprint density at radius 3 is 2.44 bits per heavy atom. The number of hydrogen-bond donors (Lipinski definition) is 1. The Hall–Kier alpha value is -0.330. The fraction of sp³-hybridized carbons (Fsp3) is 0.462. The summed E-state index contributed by atoms with van der Waals surface area (Å²) in [7, 11) is 0. The van der Waals surface area contributed by atoms with Gasteiger partial charge in [-0.2, -0.15) is 0 Å². The van der Waals surface area contributed by atoms with E-state index in [1.807, 2.05) is 19.1 Å². The molecule has 1 N–H and O–H groups in total. The summed E-state index contributed by atoms with van der Waals surface area (Å²) in [6.07, 6.45) is 0. The normalized spacial score (nSPS) is 10.1. The third kappa shape index (κ3) is 5.54. The van der Waals surface area contributed by atoms with Gasteiger partial charge < -0.3 is 5.32 Å². The Kier molecular flexibility index (Phi) is 8.56. The number of aryl methyl sites for hydroxylation is 1. The molecular formula is C13H20ClIN2O. The van der Waals surface area contributed by atoms with Gasteiger partial charge in [-0.1, -0.05) is 13.8 Å². The Morgan fingerprint density at radius 2 is 1.94 bits per heavy atom. The van der Waals surface area contributed by atoms with Crippen molar-refractivity contribution in [3.05, 3.63) is 27.3 Å². The first-order valence-electron chi connectivity index (χ1n) is 5.85. The molecule has 18 heavy (non-hydrogen) atoms. The molecule has 1 aromatic rings. The minimum Gasteiger partial charge on any atom is -0.325 e. The summed E-state index contributed by atoms with van der Waals surface area (Å²) in [5.41, 5.74) is 2.01. The van der Waals surface area contributed by atoms with E-state index in [1.165, 1.54) is 3.57 Å². The number of amides is 1. The third-order valence-corrected chi connectivity index (χ3v) is 3.40. The summed E-state index contributed by atoms with van der Waals surface area (Å²) in [6.45, 7) is 8.39. The molecule has 0 aliphatic carbocycles. The van der Waals surface area contributed by atoms with Crippen LogP contribution in [-0.2, 0) is 4.79 Å². The number of benzene rings is 1. The van der Waals surface area contributed by atoms with Crippen LogP contribution >= 0.6 is 35.0 Å². The minimum absolute atomic E-state index is 0. The number of anilines is 1. The summed E-state index contributed by atoms with van der Waals surface area (Å²) in [5.74, 6) is 0.0537. The molecule has 0 saturated carbocycles. The molecule has 3 nitrogen and oxygen atoms in total. The van der Waals surface area contributed by atoms with Gasteiger partial charge in [-0.05, 0) is 66.4 Å². The van der Waals surface area contributed by atoms with Crippen LogP contribution in [0.2, 0.25) is 0 Å². The summed E-state index contributed by atoms with van der Waals surface area (Å²) in [6, 6.07) is 6.02. The molecule has 0 unspecified atom stereocenters. The molecule has 0 saturated heterocycles. The van der Waals surface area contributed by atoms with E-state index in [0.29, 0.717) is 6.54 Å². The van der Waals surface area contributed by atoms with Crippen LogP contribution in [0.15, 0.2) is 18.2 Å². The maximum atomic E-state index is 11.8. The lowest BCUT2D eigenvalue weighted by molar-refractivity contribution is -0.117. The molecule has 1 rings (SSSR count). The van der Waals surface area contributed by atoms with Crippen molar-refractivity contribution in [1.29, 1.82) is 0 Å². The first-order chi connectivity index (χ1) is 8.06. The highest BCUT2D eigenvalue weighted by atomic mass is 127. The van der Waals surface area contributed by atoms with Crippen molar-refractivity contribution in [2.24, 2.45) is 0 Å². The zero-order valence-electron chi connectivity index (χ0n) is 11.0. The van der Waals surface area contributed by atoms with Crippen LogP contribution in [0.5, 0.6) is 0 Å².